The summed E-state index contributed by atoms with van der Waals surface area (Å²) in [5, 5.41) is 18.4. The van der Waals surface area contributed by atoms with E-state index in [1.54, 1.807) is 36.4 Å². The maximum absolute atomic E-state index is 13.8. The van der Waals surface area contributed by atoms with Crippen molar-refractivity contribution in [2.24, 2.45) is 5.73 Å². The molecule has 0 heterocycles. The Balaban J connectivity index is 2.14. The van der Waals surface area contributed by atoms with Crippen LogP contribution in [0.1, 0.15) is 12.0 Å². The van der Waals surface area contributed by atoms with Gasteiger partial charge in [0.2, 0.25) is 0 Å². The highest BCUT2D eigenvalue weighted by Crippen LogP contribution is 2.28. The van der Waals surface area contributed by atoms with Crippen LogP contribution < -0.4 is 5.73 Å². The largest absolute Gasteiger partial charge is 0.479 e. The smallest absolute Gasteiger partial charge is 0.332 e. The minimum atomic E-state index is -1.50. The summed E-state index contributed by atoms with van der Waals surface area (Å²) in [6.07, 6.45) is -1.25. The van der Waals surface area contributed by atoms with Crippen molar-refractivity contribution >= 4 is 17.6 Å². The molecule has 23 heavy (non-hydrogen) atoms. The molecule has 0 aliphatic rings. The number of carboxylic acids is 1. The Kier molecular flexibility index (Phi) is 5.71. The van der Waals surface area contributed by atoms with E-state index in [0.29, 0.717) is 22.6 Å². The van der Waals surface area contributed by atoms with Crippen molar-refractivity contribution in [3.05, 3.63) is 58.9 Å². The van der Waals surface area contributed by atoms with Crippen LogP contribution in [0.3, 0.4) is 0 Å². The molecule has 0 spiro atoms. The van der Waals surface area contributed by atoms with Crippen LogP contribution in [0.4, 0.5) is 4.39 Å². The van der Waals surface area contributed by atoms with Gasteiger partial charge in [-0.3, -0.25) is 0 Å². The van der Waals surface area contributed by atoms with E-state index >= 15 is 0 Å². The maximum Gasteiger partial charge on any atom is 0.332 e. The molecule has 0 radical (unpaired) electrons. The zero-order valence-corrected chi connectivity index (χ0v) is 13.0. The number of rotatable bonds is 6. The number of benzene rings is 2. The number of nitrogens with two attached hydrogens (primary N) is 1. The van der Waals surface area contributed by atoms with E-state index < -0.39 is 18.1 Å². The van der Waals surface area contributed by atoms with Gasteiger partial charge in [0.05, 0.1) is 0 Å². The molecule has 0 saturated carbocycles. The molecule has 2 unspecified atom stereocenters. The second-order valence-corrected chi connectivity index (χ2v) is 5.75. The van der Waals surface area contributed by atoms with Crippen molar-refractivity contribution in [2.75, 3.05) is 0 Å². The molecule has 122 valence electrons. The van der Waals surface area contributed by atoms with E-state index in [2.05, 4.69) is 0 Å². The third kappa shape index (κ3) is 4.51. The Morgan fingerprint density at radius 2 is 1.96 bits per heavy atom. The van der Waals surface area contributed by atoms with Gasteiger partial charge in [-0.25, -0.2) is 9.18 Å². The SMILES string of the molecule is NC(Cc1ccc(-c2ccccc2F)cc1Cl)CC(O)C(=O)O. The molecule has 0 amide bonds. The molecule has 6 heteroatoms. The Morgan fingerprint density at radius 1 is 1.26 bits per heavy atom. The number of aliphatic hydroxyl groups is 1. The van der Waals surface area contributed by atoms with Gasteiger partial charge in [0.1, 0.15) is 5.82 Å². The molecule has 2 aromatic rings. The van der Waals surface area contributed by atoms with Crippen LogP contribution in [0.2, 0.25) is 5.02 Å². The van der Waals surface area contributed by atoms with Gasteiger partial charge in [-0.1, -0.05) is 41.9 Å². The number of carbonyl (C=O) groups is 1. The van der Waals surface area contributed by atoms with Crippen LogP contribution in [-0.2, 0) is 11.2 Å². The molecule has 0 bridgehead atoms. The molecular weight excluding hydrogens is 321 g/mol. The van der Waals surface area contributed by atoms with Crippen molar-refractivity contribution in [1.82, 2.24) is 0 Å². The Hall–Kier alpha value is -1.95. The normalized spacial score (nSPS) is 13.6. The van der Waals surface area contributed by atoms with Gasteiger partial charge in [-0.05, 0) is 36.1 Å². The highest BCUT2D eigenvalue weighted by atomic mass is 35.5. The molecule has 0 aliphatic heterocycles. The summed E-state index contributed by atoms with van der Waals surface area (Å²) in [6, 6.07) is 11.0. The fourth-order valence-electron chi connectivity index (χ4n) is 2.33. The first-order valence-corrected chi connectivity index (χ1v) is 7.46. The van der Waals surface area contributed by atoms with Crippen LogP contribution in [0.5, 0.6) is 0 Å². The lowest BCUT2D eigenvalue weighted by Crippen LogP contribution is -2.32. The van der Waals surface area contributed by atoms with Crippen molar-refractivity contribution in [1.29, 1.82) is 0 Å². The molecule has 2 rings (SSSR count). The average molecular weight is 338 g/mol. The van der Waals surface area contributed by atoms with E-state index in [0.717, 1.165) is 5.56 Å². The van der Waals surface area contributed by atoms with Gasteiger partial charge < -0.3 is 15.9 Å². The number of aliphatic hydroxyl groups excluding tert-OH is 1. The van der Waals surface area contributed by atoms with E-state index in [1.807, 2.05) is 0 Å². The topological polar surface area (TPSA) is 83.5 Å². The second kappa shape index (κ2) is 7.55. The lowest BCUT2D eigenvalue weighted by molar-refractivity contribution is -0.147. The third-order valence-corrected chi connectivity index (χ3v) is 3.88. The molecule has 0 aromatic heterocycles. The maximum atomic E-state index is 13.8. The van der Waals surface area contributed by atoms with Gasteiger partial charge >= 0.3 is 5.97 Å². The van der Waals surface area contributed by atoms with E-state index in [-0.39, 0.29) is 12.2 Å². The number of halogens is 2. The van der Waals surface area contributed by atoms with Crippen molar-refractivity contribution in [3.63, 3.8) is 0 Å². The second-order valence-electron chi connectivity index (χ2n) is 5.34. The van der Waals surface area contributed by atoms with E-state index in [4.69, 9.17) is 22.4 Å². The predicted octanol–water partition coefficient (Wildman–Crippen LogP) is 2.85. The van der Waals surface area contributed by atoms with Gasteiger partial charge in [0.25, 0.3) is 0 Å². The summed E-state index contributed by atoms with van der Waals surface area (Å²) in [5.74, 6) is -1.64. The minimum absolute atomic E-state index is 0.0687. The van der Waals surface area contributed by atoms with Crippen molar-refractivity contribution in [3.8, 4) is 11.1 Å². The van der Waals surface area contributed by atoms with E-state index in [1.165, 1.54) is 6.07 Å². The average Bonchev–Trinajstić information content (AvgIpc) is 2.49. The fraction of sp³-hybridized carbons (Fsp3) is 0.235. The quantitative estimate of drug-likeness (QED) is 0.757. The summed E-state index contributed by atoms with van der Waals surface area (Å²) in [4.78, 5) is 10.6. The fourth-order valence-corrected chi connectivity index (χ4v) is 2.59. The molecular formula is C17H17ClFNO3. The first-order valence-electron chi connectivity index (χ1n) is 7.08. The number of hydrogen-bond donors (Lipinski definition) is 3. The number of aliphatic carboxylic acids is 1. The Bertz CT molecular complexity index is 708. The lowest BCUT2D eigenvalue weighted by Gasteiger charge is -2.15. The number of hydrogen-bond acceptors (Lipinski definition) is 3. The molecule has 0 fully saturated rings. The van der Waals surface area contributed by atoms with Crippen molar-refractivity contribution < 1.29 is 19.4 Å². The highest BCUT2D eigenvalue weighted by molar-refractivity contribution is 6.31. The summed E-state index contributed by atoms with van der Waals surface area (Å²) in [5.41, 5.74) is 7.66. The van der Waals surface area contributed by atoms with Gasteiger partial charge in [0.15, 0.2) is 6.10 Å². The van der Waals surface area contributed by atoms with Gasteiger partial charge in [-0.2, -0.15) is 0 Å². The zero-order valence-electron chi connectivity index (χ0n) is 12.2. The third-order valence-electron chi connectivity index (χ3n) is 3.53. The van der Waals surface area contributed by atoms with Crippen molar-refractivity contribution in [2.45, 2.75) is 25.0 Å². The number of carboxylic acid groups (broad SMARTS) is 1. The van der Waals surface area contributed by atoms with Crippen LogP contribution in [0, 0.1) is 5.82 Å². The molecule has 4 nitrogen and oxygen atoms in total. The monoisotopic (exact) mass is 337 g/mol. The summed E-state index contributed by atoms with van der Waals surface area (Å²) >= 11 is 6.22. The molecule has 0 saturated heterocycles. The van der Waals surface area contributed by atoms with Crippen LogP contribution in [0.15, 0.2) is 42.5 Å². The van der Waals surface area contributed by atoms with Crippen LogP contribution >= 0.6 is 11.6 Å². The molecule has 4 N–H and O–H groups in total. The molecule has 2 aromatic carbocycles. The molecule has 2 atom stereocenters. The summed E-state index contributed by atoms with van der Waals surface area (Å²) < 4.78 is 13.8. The summed E-state index contributed by atoms with van der Waals surface area (Å²) in [7, 11) is 0. The first kappa shape index (κ1) is 17.4. The van der Waals surface area contributed by atoms with Gasteiger partial charge in [-0.15, -0.1) is 0 Å². The zero-order chi connectivity index (χ0) is 17.0. The molecule has 0 aliphatic carbocycles. The lowest BCUT2D eigenvalue weighted by atomic mass is 9.98. The van der Waals surface area contributed by atoms with E-state index in [9.17, 15) is 14.3 Å². The Morgan fingerprint density at radius 3 is 2.57 bits per heavy atom. The standard InChI is InChI=1S/C17H17ClFNO3/c18-14-8-10(13-3-1-2-4-15(13)19)5-6-11(14)7-12(20)9-16(21)17(22)23/h1-6,8,12,16,21H,7,9,20H2,(H,22,23). The minimum Gasteiger partial charge on any atom is -0.479 e. The highest BCUT2D eigenvalue weighted by Gasteiger charge is 2.18. The van der Waals surface area contributed by atoms with Crippen LogP contribution in [0.25, 0.3) is 11.1 Å². The Labute approximate surface area is 138 Å². The van der Waals surface area contributed by atoms with Crippen LogP contribution in [-0.4, -0.2) is 28.3 Å². The predicted molar refractivity (Wildman–Crippen MR) is 86.8 cm³/mol. The summed E-state index contributed by atoms with van der Waals surface area (Å²) in [6.45, 7) is 0. The van der Waals surface area contributed by atoms with Gasteiger partial charge in [0, 0.05) is 16.6 Å². The first-order chi connectivity index (χ1) is 10.9.